The minimum atomic E-state index is -0.705. The van der Waals surface area contributed by atoms with Gasteiger partial charge in [-0.15, -0.1) is 0 Å². The predicted octanol–water partition coefficient (Wildman–Crippen LogP) is 4.60. The van der Waals surface area contributed by atoms with Crippen molar-refractivity contribution in [2.45, 2.75) is 26.2 Å². The molecule has 0 saturated heterocycles. The van der Waals surface area contributed by atoms with Gasteiger partial charge in [-0.1, -0.05) is 61.6 Å². The van der Waals surface area contributed by atoms with E-state index in [-0.39, 0.29) is 24.5 Å². The molecule has 0 aliphatic rings. The van der Waals surface area contributed by atoms with Gasteiger partial charge >= 0.3 is 6.03 Å². The van der Waals surface area contributed by atoms with E-state index in [2.05, 4.69) is 60.1 Å². The second kappa shape index (κ2) is 20.4. The van der Waals surface area contributed by atoms with Crippen LogP contribution in [-0.2, 0) is 33.9 Å². The van der Waals surface area contributed by atoms with Gasteiger partial charge in [0.15, 0.2) is 0 Å². The Kier molecular flexibility index (Phi) is 17.4. The monoisotopic (exact) mass is 683 g/mol. The summed E-state index contributed by atoms with van der Waals surface area (Å²) in [4.78, 5) is 37.2. The number of alkyl halides is 1. The summed E-state index contributed by atoms with van der Waals surface area (Å²) in [7, 11) is 0. The smallest absolute Gasteiger partial charge is 0.338 e. The summed E-state index contributed by atoms with van der Waals surface area (Å²) in [6.07, 6.45) is 0. The van der Waals surface area contributed by atoms with Gasteiger partial charge in [0.05, 0.1) is 65.1 Å². The highest BCUT2D eigenvalue weighted by atomic mass is 79.9. The van der Waals surface area contributed by atoms with E-state index in [9.17, 15) is 14.4 Å². The van der Waals surface area contributed by atoms with Crippen LogP contribution in [-0.4, -0.2) is 89.2 Å². The number of halogens is 1. The Morgan fingerprint density at radius 2 is 1.23 bits per heavy atom. The van der Waals surface area contributed by atoms with E-state index in [1.54, 1.807) is 36.4 Å². The normalized spacial score (nSPS) is 11.3. The minimum Gasteiger partial charge on any atom is -0.378 e. The zero-order valence-corrected chi connectivity index (χ0v) is 27.4. The van der Waals surface area contributed by atoms with Crippen molar-refractivity contribution in [3.05, 3.63) is 59.7 Å². The number of rotatable bonds is 19. The Balaban J connectivity index is 1.58. The Morgan fingerprint density at radius 1 is 0.744 bits per heavy atom. The number of benzene rings is 2. The largest absolute Gasteiger partial charge is 0.378 e. The molecule has 2 N–H and O–H groups in total. The second-order valence-corrected chi connectivity index (χ2v) is 11.4. The third-order valence-electron chi connectivity index (χ3n) is 5.76. The van der Waals surface area contributed by atoms with Gasteiger partial charge in [0.2, 0.25) is 5.91 Å². The molecule has 43 heavy (non-hydrogen) atoms. The van der Waals surface area contributed by atoms with E-state index < -0.39 is 11.9 Å². The van der Waals surface area contributed by atoms with E-state index in [0.717, 1.165) is 15.2 Å². The molecule has 0 aromatic heterocycles. The van der Waals surface area contributed by atoms with Crippen molar-refractivity contribution in [3.8, 4) is 0 Å². The topological polar surface area (TPSA) is 125 Å². The number of urea groups is 1. The molecule has 0 atom stereocenters. The van der Waals surface area contributed by atoms with Gasteiger partial charge in [-0.25, -0.2) is 9.10 Å². The van der Waals surface area contributed by atoms with E-state index in [4.69, 9.17) is 23.7 Å². The summed E-state index contributed by atoms with van der Waals surface area (Å²) >= 11 is 7.49. The standard InChI is InChI=1S/C30H42BrN3O8S/c1-30(2,3)24-6-4-23(5-7-24)28(36)33-29(37)34(43)26-10-8-25(9-11-26)32-27(35)22-42-21-20-41-19-18-40-17-16-39-15-14-38-13-12-31/h4-11,43H,12-22H2,1-3H3,(H,32,35)(H,33,36,37). The summed E-state index contributed by atoms with van der Waals surface area (Å²) in [5, 5.41) is 5.84. The first-order valence-electron chi connectivity index (χ1n) is 13.9. The maximum Gasteiger partial charge on any atom is 0.338 e. The maximum atomic E-state index is 12.5. The molecular weight excluding hydrogens is 642 g/mol. The number of carbonyl (C=O) groups is 3. The number of thiol groups is 1. The molecular formula is C30H42BrN3O8S. The van der Waals surface area contributed by atoms with Crippen LogP contribution in [0.25, 0.3) is 0 Å². The van der Waals surface area contributed by atoms with Crippen LogP contribution in [0.15, 0.2) is 48.5 Å². The quantitative estimate of drug-likeness (QED) is 0.112. The average Bonchev–Trinajstić information content (AvgIpc) is 2.98. The molecule has 0 bridgehead atoms. The number of amides is 4. The lowest BCUT2D eigenvalue weighted by Gasteiger charge is -2.19. The van der Waals surface area contributed by atoms with Crippen LogP contribution in [0.3, 0.4) is 0 Å². The number of nitrogens with zero attached hydrogens (tertiary/aromatic N) is 1. The second-order valence-electron chi connectivity index (χ2n) is 10.2. The molecule has 0 radical (unpaired) electrons. The molecule has 11 nitrogen and oxygen atoms in total. The SMILES string of the molecule is CC(C)(C)c1ccc(C(=O)NC(=O)N(S)c2ccc(NC(=O)COCCOCCOCCOCCOCCBr)cc2)cc1. The predicted molar refractivity (Wildman–Crippen MR) is 172 cm³/mol. The van der Waals surface area contributed by atoms with Gasteiger partial charge in [-0.05, 0) is 47.4 Å². The van der Waals surface area contributed by atoms with Crippen molar-refractivity contribution < 1.29 is 38.1 Å². The molecule has 0 fully saturated rings. The third-order valence-corrected chi connectivity index (χ3v) is 6.50. The molecule has 2 aromatic rings. The van der Waals surface area contributed by atoms with Crippen LogP contribution >= 0.6 is 28.7 Å². The van der Waals surface area contributed by atoms with Gasteiger partial charge in [0, 0.05) is 16.6 Å². The lowest BCUT2D eigenvalue weighted by molar-refractivity contribution is -0.121. The number of ether oxygens (including phenoxy) is 5. The first-order valence-corrected chi connectivity index (χ1v) is 15.4. The molecule has 0 heterocycles. The van der Waals surface area contributed by atoms with Crippen LogP contribution < -0.4 is 14.9 Å². The summed E-state index contributed by atoms with van der Waals surface area (Å²) < 4.78 is 27.8. The molecule has 0 unspecified atom stereocenters. The number of anilines is 2. The number of hydrogen-bond acceptors (Lipinski definition) is 9. The lowest BCUT2D eigenvalue weighted by atomic mass is 9.87. The fourth-order valence-corrected chi connectivity index (χ4v) is 3.86. The Bertz CT molecular complexity index is 1110. The van der Waals surface area contributed by atoms with E-state index >= 15 is 0 Å². The van der Waals surface area contributed by atoms with Gasteiger partial charge in [-0.2, -0.15) is 0 Å². The molecule has 13 heteroatoms. The van der Waals surface area contributed by atoms with Gasteiger partial charge in [0.25, 0.3) is 5.91 Å². The number of hydrogen-bond donors (Lipinski definition) is 3. The fraction of sp³-hybridized carbons (Fsp3) is 0.500. The zero-order valence-electron chi connectivity index (χ0n) is 24.9. The summed E-state index contributed by atoms with van der Waals surface area (Å²) in [5.74, 6) is -0.867. The molecule has 0 spiro atoms. The van der Waals surface area contributed by atoms with Gasteiger partial charge in [-0.3, -0.25) is 14.9 Å². The van der Waals surface area contributed by atoms with Crippen LogP contribution in [0.5, 0.6) is 0 Å². The van der Waals surface area contributed by atoms with Crippen molar-refractivity contribution in [2.24, 2.45) is 0 Å². The highest BCUT2D eigenvalue weighted by Crippen LogP contribution is 2.23. The molecule has 4 amide bonds. The first-order chi connectivity index (χ1) is 20.6. The van der Waals surface area contributed by atoms with Crippen LogP contribution in [0, 0.1) is 0 Å². The highest BCUT2D eigenvalue weighted by Gasteiger charge is 2.18. The molecule has 0 saturated carbocycles. The zero-order chi connectivity index (χ0) is 31.5. The summed E-state index contributed by atoms with van der Waals surface area (Å²) in [6.45, 7) is 10.3. The van der Waals surface area contributed by atoms with E-state index in [1.807, 2.05) is 12.1 Å². The Morgan fingerprint density at radius 3 is 1.72 bits per heavy atom. The number of nitrogens with one attached hydrogen (secondary N) is 2. The Labute approximate surface area is 267 Å². The first kappa shape index (κ1) is 36.7. The molecule has 2 rings (SSSR count). The maximum absolute atomic E-state index is 12.5. The van der Waals surface area contributed by atoms with Crippen molar-refractivity contribution in [1.29, 1.82) is 0 Å². The van der Waals surface area contributed by atoms with Gasteiger partial charge < -0.3 is 29.0 Å². The van der Waals surface area contributed by atoms with Crippen LogP contribution in [0.2, 0.25) is 0 Å². The molecule has 0 aliphatic heterocycles. The third kappa shape index (κ3) is 15.2. The van der Waals surface area contributed by atoms with Crippen LogP contribution in [0.4, 0.5) is 16.2 Å². The molecule has 238 valence electrons. The highest BCUT2D eigenvalue weighted by molar-refractivity contribution is 9.09. The van der Waals surface area contributed by atoms with Crippen molar-refractivity contribution in [3.63, 3.8) is 0 Å². The van der Waals surface area contributed by atoms with Crippen LogP contribution in [0.1, 0.15) is 36.7 Å². The average molecular weight is 685 g/mol. The Hall–Kier alpha value is -2.52. The number of carbonyl (C=O) groups excluding carboxylic acids is 3. The van der Waals surface area contributed by atoms with Crippen molar-refractivity contribution >= 4 is 58.0 Å². The minimum absolute atomic E-state index is 0.0455. The number of imide groups is 1. The van der Waals surface area contributed by atoms with Crippen molar-refractivity contribution in [2.75, 3.05) is 81.0 Å². The van der Waals surface area contributed by atoms with E-state index in [1.165, 1.54) is 0 Å². The summed E-state index contributed by atoms with van der Waals surface area (Å²) in [5.41, 5.74) is 2.32. The lowest BCUT2D eigenvalue weighted by Crippen LogP contribution is -2.38. The molecule has 2 aromatic carbocycles. The molecule has 0 aliphatic carbocycles. The van der Waals surface area contributed by atoms with Crippen molar-refractivity contribution in [1.82, 2.24) is 5.32 Å². The fourth-order valence-electron chi connectivity index (χ4n) is 3.44. The summed E-state index contributed by atoms with van der Waals surface area (Å²) in [6, 6.07) is 12.8. The van der Waals surface area contributed by atoms with Gasteiger partial charge in [0.1, 0.15) is 6.61 Å². The van der Waals surface area contributed by atoms with E-state index in [0.29, 0.717) is 69.8 Å².